The predicted molar refractivity (Wildman–Crippen MR) is 90.3 cm³/mol. The zero-order chi connectivity index (χ0) is 15.5. The number of nitrogens with zero attached hydrogens (tertiary/aromatic N) is 4. The van der Waals surface area contributed by atoms with Crippen LogP contribution in [-0.4, -0.2) is 40.5 Å². The van der Waals surface area contributed by atoms with E-state index in [-0.39, 0.29) is 0 Å². The summed E-state index contributed by atoms with van der Waals surface area (Å²) in [7, 11) is 0. The minimum atomic E-state index is 0.319. The van der Waals surface area contributed by atoms with Gasteiger partial charge in [0, 0.05) is 44.0 Å². The lowest BCUT2D eigenvalue weighted by Gasteiger charge is -2.41. The molecule has 0 saturated carbocycles. The Morgan fingerprint density at radius 2 is 2.00 bits per heavy atom. The van der Waals surface area contributed by atoms with Gasteiger partial charge in [0.2, 0.25) is 5.28 Å². The monoisotopic (exact) mass is 316 g/mol. The second kappa shape index (κ2) is 6.63. The number of hydrogen-bond acceptors (Lipinski definition) is 4. The van der Waals surface area contributed by atoms with Crippen molar-refractivity contribution in [3.8, 4) is 0 Å². The second-order valence-electron chi connectivity index (χ2n) is 5.91. The van der Waals surface area contributed by atoms with E-state index in [1.54, 1.807) is 6.20 Å². The Balaban J connectivity index is 1.68. The third kappa shape index (κ3) is 3.39. The fourth-order valence-electron chi connectivity index (χ4n) is 3.04. The summed E-state index contributed by atoms with van der Waals surface area (Å²) in [6.07, 6.45) is 1.80. The van der Waals surface area contributed by atoms with Gasteiger partial charge in [-0.25, -0.2) is 9.97 Å². The molecule has 1 aliphatic heterocycles. The number of benzene rings is 1. The van der Waals surface area contributed by atoms with Crippen molar-refractivity contribution in [2.45, 2.75) is 26.4 Å². The van der Waals surface area contributed by atoms with Crippen molar-refractivity contribution in [1.82, 2.24) is 14.9 Å². The molecule has 3 rings (SSSR count). The summed E-state index contributed by atoms with van der Waals surface area (Å²) in [6.45, 7) is 8.29. The van der Waals surface area contributed by atoms with Crippen LogP contribution in [0, 0.1) is 6.92 Å². The number of aromatic nitrogens is 2. The van der Waals surface area contributed by atoms with Gasteiger partial charge in [-0.1, -0.05) is 30.3 Å². The fourth-order valence-corrected chi connectivity index (χ4v) is 3.16. The summed E-state index contributed by atoms with van der Waals surface area (Å²) in [5.74, 6) is 0.965. The molecule has 1 atom stereocenters. The lowest BCUT2D eigenvalue weighted by atomic mass is 10.1. The van der Waals surface area contributed by atoms with Crippen LogP contribution in [0.4, 0.5) is 5.82 Å². The first kappa shape index (κ1) is 15.3. The van der Waals surface area contributed by atoms with Crippen molar-refractivity contribution in [3.05, 3.63) is 52.9 Å². The standard InChI is InChI=1S/C17H21ClN4/c1-13-10-19-17(18)20-16(13)22-9-8-21(11-14(22)2)12-15-6-4-3-5-7-15/h3-7,10,14H,8-9,11-12H2,1-2H3. The van der Waals surface area contributed by atoms with Gasteiger partial charge in [0.25, 0.3) is 0 Å². The van der Waals surface area contributed by atoms with Crippen LogP contribution in [-0.2, 0) is 6.54 Å². The molecule has 0 aliphatic carbocycles. The SMILES string of the molecule is Cc1cnc(Cl)nc1N1CCN(Cc2ccccc2)CC1C. The Hall–Kier alpha value is -1.65. The van der Waals surface area contributed by atoms with Gasteiger partial charge in [0.1, 0.15) is 5.82 Å². The van der Waals surface area contributed by atoms with Crippen molar-refractivity contribution in [1.29, 1.82) is 0 Å². The molecule has 1 saturated heterocycles. The van der Waals surface area contributed by atoms with Crippen LogP contribution in [0.2, 0.25) is 5.28 Å². The Morgan fingerprint density at radius 1 is 1.23 bits per heavy atom. The molecule has 0 bridgehead atoms. The van der Waals surface area contributed by atoms with Crippen LogP contribution >= 0.6 is 11.6 Å². The molecule has 1 aromatic carbocycles. The van der Waals surface area contributed by atoms with E-state index in [4.69, 9.17) is 11.6 Å². The summed E-state index contributed by atoms with van der Waals surface area (Å²) >= 11 is 5.96. The minimum absolute atomic E-state index is 0.319. The molecular weight excluding hydrogens is 296 g/mol. The van der Waals surface area contributed by atoms with Crippen LogP contribution in [0.15, 0.2) is 36.5 Å². The smallest absolute Gasteiger partial charge is 0.224 e. The zero-order valence-corrected chi connectivity index (χ0v) is 13.8. The highest BCUT2D eigenvalue weighted by Gasteiger charge is 2.26. The number of rotatable bonds is 3. The molecule has 0 amide bonds. The molecule has 1 aliphatic rings. The van der Waals surface area contributed by atoms with Gasteiger partial charge < -0.3 is 4.90 Å². The van der Waals surface area contributed by atoms with Crippen molar-refractivity contribution < 1.29 is 0 Å². The fraction of sp³-hybridized carbons (Fsp3) is 0.412. The molecular formula is C17H21ClN4. The van der Waals surface area contributed by atoms with Gasteiger partial charge in [-0.2, -0.15) is 0 Å². The normalized spacial score (nSPS) is 19.4. The van der Waals surface area contributed by atoms with Crippen LogP contribution in [0.3, 0.4) is 0 Å². The van der Waals surface area contributed by atoms with E-state index in [9.17, 15) is 0 Å². The Morgan fingerprint density at radius 3 is 2.73 bits per heavy atom. The summed E-state index contributed by atoms with van der Waals surface area (Å²) < 4.78 is 0. The van der Waals surface area contributed by atoms with Gasteiger partial charge in [0.05, 0.1) is 0 Å². The first-order valence-corrected chi connectivity index (χ1v) is 8.03. The molecule has 22 heavy (non-hydrogen) atoms. The third-order valence-electron chi connectivity index (χ3n) is 4.15. The van der Waals surface area contributed by atoms with Crippen molar-refractivity contribution in [3.63, 3.8) is 0 Å². The van der Waals surface area contributed by atoms with Crippen LogP contribution < -0.4 is 4.90 Å². The van der Waals surface area contributed by atoms with E-state index >= 15 is 0 Å². The molecule has 116 valence electrons. The van der Waals surface area contributed by atoms with Gasteiger partial charge >= 0.3 is 0 Å². The number of aryl methyl sites for hydroxylation is 1. The van der Waals surface area contributed by atoms with E-state index < -0.39 is 0 Å². The van der Waals surface area contributed by atoms with Gasteiger partial charge in [-0.05, 0) is 31.0 Å². The van der Waals surface area contributed by atoms with E-state index in [1.165, 1.54) is 5.56 Å². The number of hydrogen-bond donors (Lipinski definition) is 0. The van der Waals surface area contributed by atoms with Crippen molar-refractivity contribution >= 4 is 17.4 Å². The first-order valence-electron chi connectivity index (χ1n) is 7.65. The number of anilines is 1. The topological polar surface area (TPSA) is 32.3 Å². The van der Waals surface area contributed by atoms with Crippen molar-refractivity contribution in [2.24, 2.45) is 0 Å². The number of halogens is 1. The Bertz CT molecular complexity index is 632. The van der Waals surface area contributed by atoms with E-state index in [2.05, 4.69) is 57.0 Å². The first-order chi connectivity index (χ1) is 10.6. The van der Waals surface area contributed by atoms with E-state index in [0.717, 1.165) is 37.6 Å². The summed E-state index contributed by atoms with van der Waals surface area (Å²) in [4.78, 5) is 13.3. The van der Waals surface area contributed by atoms with Crippen molar-refractivity contribution in [2.75, 3.05) is 24.5 Å². The quantitative estimate of drug-likeness (QED) is 0.814. The third-order valence-corrected chi connectivity index (χ3v) is 4.33. The highest BCUT2D eigenvalue weighted by molar-refractivity contribution is 6.28. The van der Waals surface area contributed by atoms with Crippen LogP contribution in [0.5, 0.6) is 0 Å². The summed E-state index contributed by atoms with van der Waals surface area (Å²) in [5.41, 5.74) is 2.44. The minimum Gasteiger partial charge on any atom is -0.351 e. The molecule has 1 fully saturated rings. The molecule has 0 N–H and O–H groups in total. The molecule has 5 heteroatoms. The molecule has 2 aromatic rings. The molecule has 0 radical (unpaired) electrons. The molecule has 2 heterocycles. The molecule has 0 spiro atoms. The Kier molecular flexibility index (Phi) is 4.60. The predicted octanol–water partition coefficient (Wildman–Crippen LogP) is 3.15. The average molecular weight is 317 g/mol. The maximum absolute atomic E-state index is 5.96. The maximum atomic E-state index is 5.96. The lowest BCUT2D eigenvalue weighted by Crippen LogP contribution is -2.52. The highest BCUT2D eigenvalue weighted by Crippen LogP contribution is 2.23. The summed E-state index contributed by atoms with van der Waals surface area (Å²) in [6, 6.07) is 11.0. The Labute approximate surface area is 136 Å². The largest absolute Gasteiger partial charge is 0.351 e. The average Bonchev–Trinajstić information content (AvgIpc) is 2.51. The molecule has 4 nitrogen and oxygen atoms in total. The van der Waals surface area contributed by atoms with Crippen LogP contribution in [0.25, 0.3) is 0 Å². The second-order valence-corrected chi connectivity index (χ2v) is 6.25. The molecule has 1 aromatic heterocycles. The van der Waals surface area contributed by atoms with Gasteiger partial charge in [-0.3, -0.25) is 4.90 Å². The lowest BCUT2D eigenvalue weighted by molar-refractivity contribution is 0.220. The van der Waals surface area contributed by atoms with Crippen LogP contribution in [0.1, 0.15) is 18.1 Å². The molecule has 1 unspecified atom stereocenters. The van der Waals surface area contributed by atoms with Gasteiger partial charge in [-0.15, -0.1) is 0 Å². The highest BCUT2D eigenvalue weighted by atomic mass is 35.5. The van der Waals surface area contributed by atoms with E-state index in [0.29, 0.717) is 11.3 Å². The summed E-state index contributed by atoms with van der Waals surface area (Å²) in [5, 5.41) is 0.319. The van der Waals surface area contributed by atoms with Gasteiger partial charge in [0.15, 0.2) is 0 Å². The van der Waals surface area contributed by atoms with E-state index in [1.807, 2.05) is 6.92 Å². The zero-order valence-electron chi connectivity index (χ0n) is 13.0. The maximum Gasteiger partial charge on any atom is 0.224 e. The number of piperazine rings is 1.